The molecule has 22 heavy (non-hydrogen) atoms. The zero-order valence-corrected chi connectivity index (χ0v) is 14.5. The summed E-state index contributed by atoms with van der Waals surface area (Å²) in [5.74, 6) is 0.0100. The molecule has 0 radical (unpaired) electrons. The zero-order valence-electron chi connectivity index (χ0n) is 12.9. The second kappa shape index (κ2) is 5.67. The molecule has 116 valence electrons. The molecule has 1 aromatic rings. The van der Waals surface area contributed by atoms with Gasteiger partial charge in [0.2, 0.25) is 0 Å². The Labute approximate surface area is 139 Å². The van der Waals surface area contributed by atoms with Crippen LogP contribution < -0.4 is 4.90 Å². The van der Waals surface area contributed by atoms with Gasteiger partial charge >= 0.3 is 0 Å². The van der Waals surface area contributed by atoms with Crippen LogP contribution in [0.4, 0.5) is 5.69 Å². The first-order valence-electron chi connectivity index (χ1n) is 7.55. The minimum absolute atomic E-state index is 0.00466. The highest BCUT2D eigenvalue weighted by atomic mass is 79.9. The van der Waals surface area contributed by atoms with Crippen LogP contribution in [0, 0.1) is 0 Å². The number of hydrogen-bond donors (Lipinski definition) is 0. The van der Waals surface area contributed by atoms with Crippen LogP contribution >= 0.6 is 15.9 Å². The number of rotatable bonds is 2. The third-order valence-electron chi connectivity index (χ3n) is 4.32. The van der Waals surface area contributed by atoms with Crippen LogP contribution in [0.1, 0.15) is 32.3 Å². The summed E-state index contributed by atoms with van der Waals surface area (Å²) in [6, 6.07) is 5.91. The Bertz CT molecular complexity index is 667. The van der Waals surface area contributed by atoms with E-state index in [0.717, 1.165) is 22.1 Å². The largest absolute Gasteiger partial charge is 0.357 e. The summed E-state index contributed by atoms with van der Waals surface area (Å²) in [6.07, 6.45) is 5.37. The van der Waals surface area contributed by atoms with Gasteiger partial charge < -0.3 is 9.64 Å². The summed E-state index contributed by atoms with van der Waals surface area (Å²) < 4.78 is 7.24. The average Bonchev–Trinajstić information content (AvgIpc) is 2.60. The van der Waals surface area contributed by atoms with Crippen molar-refractivity contribution in [3.05, 3.63) is 52.5 Å². The standard InChI is InChI=1S/C18H20BrNO2/c1-4-10-20-15-7-5-6-14(19)16(15)18(17(20)21)11-12(2)8-9-13(3)22-18/h4-8,13H,1,9-11H2,2-3H3/t13-,18-/m1/s1. The van der Waals surface area contributed by atoms with Gasteiger partial charge in [0.15, 0.2) is 5.60 Å². The quantitative estimate of drug-likeness (QED) is 0.734. The lowest BCUT2D eigenvalue weighted by Crippen LogP contribution is -2.44. The highest BCUT2D eigenvalue weighted by Gasteiger charge is 2.54. The fourth-order valence-corrected chi connectivity index (χ4v) is 4.10. The van der Waals surface area contributed by atoms with E-state index in [1.165, 1.54) is 5.57 Å². The monoisotopic (exact) mass is 361 g/mol. The Morgan fingerprint density at radius 3 is 3.05 bits per heavy atom. The lowest BCUT2D eigenvalue weighted by Gasteiger charge is -2.31. The van der Waals surface area contributed by atoms with Crippen molar-refractivity contribution in [2.45, 2.75) is 38.4 Å². The summed E-state index contributed by atoms with van der Waals surface area (Å²) in [6.45, 7) is 8.37. The Hall–Kier alpha value is -1.39. The molecule has 2 heterocycles. The number of carbonyl (C=O) groups is 1. The molecule has 2 atom stereocenters. The molecule has 2 aliphatic rings. The maximum Gasteiger partial charge on any atom is 0.264 e. The van der Waals surface area contributed by atoms with Crippen molar-refractivity contribution in [1.29, 1.82) is 0 Å². The number of hydrogen-bond acceptors (Lipinski definition) is 2. The third-order valence-corrected chi connectivity index (χ3v) is 4.98. The maximum absolute atomic E-state index is 13.2. The number of halogens is 1. The molecule has 0 aromatic heterocycles. The molecule has 3 nitrogen and oxygen atoms in total. The van der Waals surface area contributed by atoms with Gasteiger partial charge in [-0.1, -0.05) is 39.7 Å². The first-order valence-corrected chi connectivity index (χ1v) is 8.34. The molecule has 0 N–H and O–H groups in total. The third kappa shape index (κ3) is 2.25. The first-order chi connectivity index (χ1) is 10.5. The summed E-state index contributed by atoms with van der Waals surface area (Å²) >= 11 is 3.63. The van der Waals surface area contributed by atoms with E-state index in [-0.39, 0.29) is 12.0 Å². The Morgan fingerprint density at radius 2 is 2.32 bits per heavy atom. The van der Waals surface area contributed by atoms with Crippen molar-refractivity contribution >= 4 is 27.5 Å². The minimum Gasteiger partial charge on any atom is -0.357 e. The van der Waals surface area contributed by atoms with Gasteiger partial charge in [0.25, 0.3) is 5.91 Å². The van der Waals surface area contributed by atoms with E-state index >= 15 is 0 Å². The first kappa shape index (κ1) is 15.5. The van der Waals surface area contributed by atoms with Gasteiger partial charge in [-0.3, -0.25) is 4.79 Å². The second-order valence-electron chi connectivity index (χ2n) is 6.06. The van der Waals surface area contributed by atoms with E-state index in [9.17, 15) is 4.79 Å². The number of fused-ring (bicyclic) bond motifs is 2. The van der Waals surface area contributed by atoms with E-state index in [1.54, 1.807) is 11.0 Å². The molecular formula is C18H20BrNO2. The van der Waals surface area contributed by atoms with Crippen molar-refractivity contribution in [1.82, 2.24) is 0 Å². The predicted octanol–water partition coefficient (Wildman–Crippen LogP) is 4.32. The van der Waals surface area contributed by atoms with Gasteiger partial charge in [-0.2, -0.15) is 0 Å². The Balaban J connectivity index is 2.22. The highest BCUT2D eigenvalue weighted by molar-refractivity contribution is 9.10. The predicted molar refractivity (Wildman–Crippen MR) is 91.9 cm³/mol. The molecule has 1 spiro atoms. The molecular weight excluding hydrogens is 342 g/mol. The van der Waals surface area contributed by atoms with Crippen LogP contribution in [0.2, 0.25) is 0 Å². The van der Waals surface area contributed by atoms with Gasteiger partial charge in [0.1, 0.15) is 0 Å². The molecule has 4 heteroatoms. The second-order valence-corrected chi connectivity index (χ2v) is 6.91. The van der Waals surface area contributed by atoms with E-state index < -0.39 is 5.60 Å². The minimum atomic E-state index is -0.922. The topological polar surface area (TPSA) is 29.5 Å². The molecule has 3 rings (SSSR count). The van der Waals surface area contributed by atoms with Crippen molar-refractivity contribution in [2.75, 3.05) is 11.4 Å². The van der Waals surface area contributed by atoms with Crippen molar-refractivity contribution in [2.24, 2.45) is 0 Å². The van der Waals surface area contributed by atoms with Gasteiger partial charge in [-0.25, -0.2) is 0 Å². The molecule has 0 saturated carbocycles. The van der Waals surface area contributed by atoms with Crippen LogP contribution in [0.5, 0.6) is 0 Å². The van der Waals surface area contributed by atoms with Crippen LogP contribution in [0.25, 0.3) is 0 Å². The Kier molecular flexibility index (Phi) is 4.00. The SMILES string of the molecule is C=CCN1C(=O)[C@@]2(CC(C)=CC[C@@H](C)O2)c2c(Br)cccc21. The normalized spacial score (nSPS) is 27.6. The maximum atomic E-state index is 13.2. The van der Waals surface area contributed by atoms with E-state index in [0.29, 0.717) is 13.0 Å². The van der Waals surface area contributed by atoms with Crippen LogP contribution in [-0.4, -0.2) is 18.6 Å². The summed E-state index contributed by atoms with van der Waals surface area (Å²) in [4.78, 5) is 15.0. The lowest BCUT2D eigenvalue weighted by molar-refractivity contribution is -0.150. The molecule has 0 unspecified atom stereocenters. The number of carbonyl (C=O) groups excluding carboxylic acids is 1. The molecule has 2 aliphatic heterocycles. The zero-order chi connectivity index (χ0) is 15.9. The van der Waals surface area contributed by atoms with Gasteiger partial charge in [-0.05, 0) is 32.4 Å². The number of nitrogens with zero attached hydrogens (tertiary/aromatic N) is 1. The fraction of sp³-hybridized carbons (Fsp3) is 0.389. The lowest BCUT2D eigenvalue weighted by atomic mass is 9.88. The van der Waals surface area contributed by atoms with E-state index in [1.807, 2.05) is 25.1 Å². The smallest absolute Gasteiger partial charge is 0.264 e. The number of benzene rings is 1. The van der Waals surface area contributed by atoms with Crippen molar-refractivity contribution < 1.29 is 9.53 Å². The molecule has 1 amide bonds. The number of anilines is 1. The van der Waals surface area contributed by atoms with Crippen molar-refractivity contribution in [3.63, 3.8) is 0 Å². The van der Waals surface area contributed by atoms with Crippen LogP contribution in [0.15, 0.2) is 47.0 Å². The summed E-state index contributed by atoms with van der Waals surface area (Å²) in [7, 11) is 0. The average molecular weight is 362 g/mol. The molecule has 0 aliphatic carbocycles. The van der Waals surface area contributed by atoms with E-state index in [4.69, 9.17) is 4.74 Å². The molecule has 0 saturated heterocycles. The highest BCUT2D eigenvalue weighted by Crippen LogP contribution is 2.51. The van der Waals surface area contributed by atoms with Gasteiger partial charge in [0.05, 0.1) is 11.8 Å². The summed E-state index contributed by atoms with van der Waals surface area (Å²) in [5, 5.41) is 0. The molecule has 0 bridgehead atoms. The van der Waals surface area contributed by atoms with Crippen LogP contribution in [0.3, 0.4) is 0 Å². The van der Waals surface area contributed by atoms with Crippen LogP contribution in [-0.2, 0) is 15.1 Å². The van der Waals surface area contributed by atoms with Gasteiger partial charge in [0, 0.05) is 23.0 Å². The fourth-order valence-electron chi connectivity index (χ4n) is 3.42. The number of ether oxygens (including phenoxy) is 1. The van der Waals surface area contributed by atoms with E-state index in [2.05, 4.69) is 35.5 Å². The Morgan fingerprint density at radius 1 is 1.55 bits per heavy atom. The van der Waals surface area contributed by atoms with Crippen molar-refractivity contribution in [3.8, 4) is 0 Å². The number of amides is 1. The van der Waals surface area contributed by atoms with Gasteiger partial charge in [-0.15, -0.1) is 6.58 Å². The summed E-state index contributed by atoms with van der Waals surface area (Å²) in [5.41, 5.74) is 2.14. The molecule has 1 aromatic carbocycles. The molecule has 0 fully saturated rings.